The number of carbonyl (C=O) groups is 3. The molecule has 31 heavy (non-hydrogen) atoms. The maximum absolute atomic E-state index is 12.6. The molecule has 0 radical (unpaired) electrons. The molecule has 1 aromatic carbocycles. The van der Waals surface area contributed by atoms with Crippen LogP contribution in [0.15, 0.2) is 24.3 Å². The standard InChI is InChI=1S/C23H28N4O4/c1-16(28)27-14-18(15-27)9-7-6-8-17-10-12-19(13-11-17)21(29)24-20(22(30)25-31)23(2,3)26(4)5/h10-13,18,20,31H,14-15H2,1-5H3,(H,24,29)(H,25,30)/t20-/m1/s1. The molecule has 0 bridgehead atoms. The van der Waals surface area contributed by atoms with Gasteiger partial charge in [0.2, 0.25) is 5.91 Å². The monoisotopic (exact) mass is 424 g/mol. The average molecular weight is 425 g/mol. The maximum atomic E-state index is 12.6. The van der Waals surface area contributed by atoms with E-state index in [1.165, 1.54) is 6.92 Å². The van der Waals surface area contributed by atoms with Crippen molar-refractivity contribution >= 4 is 17.7 Å². The third-order valence-electron chi connectivity index (χ3n) is 5.53. The minimum absolute atomic E-state index is 0.0573. The van der Waals surface area contributed by atoms with E-state index in [0.717, 1.165) is 0 Å². The van der Waals surface area contributed by atoms with Crippen LogP contribution in [0.2, 0.25) is 0 Å². The summed E-state index contributed by atoms with van der Waals surface area (Å²) in [7, 11) is 3.56. The Kier molecular flexibility index (Phi) is 7.82. The average Bonchev–Trinajstić information content (AvgIpc) is 2.69. The van der Waals surface area contributed by atoms with Crippen molar-refractivity contribution in [3.05, 3.63) is 35.4 Å². The highest BCUT2D eigenvalue weighted by molar-refractivity contribution is 5.97. The van der Waals surface area contributed by atoms with Crippen LogP contribution in [-0.4, -0.2) is 71.5 Å². The molecule has 164 valence electrons. The quantitative estimate of drug-likeness (QED) is 0.362. The first-order valence-electron chi connectivity index (χ1n) is 9.85. The number of nitrogens with one attached hydrogen (secondary N) is 2. The van der Waals surface area contributed by atoms with Gasteiger partial charge in [0.1, 0.15) is 6.04 Å². The number of benzene rings is 1. The summed E-state index contributed by atoms with van der Waals surface area (Å²) < 4.78 is 0. The first kappa shape index (κ1) is 23.9. The van der Waals surface area contributed by atoms with Gasteiger partial charge in [-0.05, 0) is 64.0 Å². The number of carbonyl (C=O) groups excluding carboxylic acids is 3. The fourth-order valence-electron chi connectivity index (χ4n) is 2.87. The van der Waals surface area contributed by atoms with E-state index < -0.39 is 23.4 Å². The Morgan fingerprint density at radius 3 is 2.29 bits per heavy atom. The first-order valence-corrected chi connectivity index (χ1v) is 9.85. The van der Waals surface area contributed by atoms with Crippen LogP contribution in [0, 0.1) is 29.6 Å². The lowest BCUT2D eigenvalue weighted by Crippen LogP contribution is -2.62. The van der Waals surface area contributed by atoms with Gasteiger partial charge in [0.15, 0.2) is 0 Å². The number of likely N-dealkylation sites (N-methyl/N-ethyl adjacent to an activating group) is 1. The van der Waals surface area contributed by atoms with Crippen LogP contribution in [-0.2, 0) is 9.59 Å². The van der Waals surface area contributed by atoms with Gasteiger partial charge in [-0.3, -0.25) is 19.6 Å². The van der Waals surface area contributed by atoms with Gasteiger partial charge < -0.3 is 15.1 Å². The van der Waals surface area contributed by atoms with Gasteiger partial charge in [-0.15, -0.1) is 0 Å². The van der Waals surface area contributed by atoms with Gasteiger partial charge >= 0.3 is 0 Å². The van der Waals surface area contributed by atoms with Gasteiger partial charge in [0.05, 0.1) is 5.92 Å². The van der Waals surface area contributed by atoms with Crippen molar-refractivity contribution in [2.24, 2.45) is 5.92 Å². The fourth-order valence-corrected chi connectivity index (χ4v) is 2.87. The van der Waals surface area contributed by atoms with E-state index in [4.69, 9.17) is 5.21 Å². The fraction of sp³-hybridized carbons (Fsp3) is 0.435. The van der Waals surface area contributed by atoms with E-state index in [-0.39, 0.29) is 11.8 Å². The number of hydroxylamine groups is 1. The Bertz CT molecular complexity index is 955. The molecule has 2 rings (SSSR count). The molecular formula is C23H28N4O4. The van der Waals surface area contributed by atoms with Crippen molar-refractivity contribution in [2.45, 2.75) is 32.4 Å². The molecule has 3 amide bonds. The van der Waals surface area contributed by atoms with Crippen LogP contribution in [0.4, 0.5) is 0 Å². The molecule has 8 nitrogen and oxygen atoms in total. The van der Waals surface area contributed by atoms with Crippen LogP contribution in [0.1, 0.15) is 36.7 Å². The number of likely N-dealkylation sites (tertiary alicyclic amines) is 1. The van der Waals surface area contributed by atoms with Crippen LogP contribution < -0.4 is 10.8 Å². The molecule has 0 spiro atoms. The second-order valence-electron chi connectivity index (χ2n) is 8.15. The van der Waals surface area contributed by atoms with Crippen molar-refractivity contribution in [3.8, 4) is 23.7 Å². The summed E-state index contributed by atoms with van der Waals surface area (Å²) in [6.45, 7) is 6.40. The smallest absolute Gasteiger partial charge is 0.267 e. The predicted octanol–water partition coefficient (Wildman–Crippen LogP) is 0.464. The zero-order valence-electron chi connectivity index (χ0n) is 18.4. The van der Waals surface area contributed by atoms with Gasteiger partial charge in [0.25, 0.3) is 11.8 Å². The molecule has 1 saturated heterocycles. The summed E-state index contributed by atoms with van der Waals surface area (Å²) in [6, 6.07) is 5.64. The lowest BCUT2D eigenvalue weighted by atomic mass is 9.92. The van der Waals surface area contributed by atoms with E-state index >= 15 is 0 Å². The second-order valence-corrected chi connectivity index (χ2v) is 8.15. The molecular weight excluding hydrogens is 396 g/mol. The number of hydrogen-bond acceptors (Lipinski definition) is 5. The number of hydrogen-bond donors (Lipinski definition) is 3. The van der Waals surface area contributed by atoms with E-state index in [0.29, 0.717) is 24.2 Å². The molecule has 1 atom stereocenters. The lowest BCUT2D eigenvalue weighted by Gasteiger charge is -2.38. The van der Waals surface area contributed by atoms with Crippen LogP contribution in [0.3, 0.4) is 0 Å². The first-order chi connectivity index (χ1) is 14.6. The third kappa shape index (κ3) is 6.08. The van der Waals surface area contributed by atoms with Crippen LogP contribution in [0.25, 0.3) is 0 Å². The summed E-state index contributed by atoms with van der Waals surface area (Å²) in [5.41, 5.74) is 1.93. The Labute approximate surface area is 182 Å². The van der Waals surface area contributed by atoms with Gasteiger partial charge in [-0.1, -0.05) is 11.8 Å². The van der Waals surface area contributed by atoms with Crippen molar-refractivity contribution in [1.82, 2.24) is 20.6 Å². The second kappa shape index (κ2) is 10.1. The molecule has 1 aliphatic heterocycles. The molecule has 0 aliphatic carbocycles. The molecule has 1 fully saturated rings. The summed E-state index contributed by atoms with van der Waals surface area (Å²) in [5, 5.41) is 11.7. The van der Waals surface area contributed by atoms with Gasteiger partial charge in [-0.25, -0.2) is 5.48 Å². The highest BCUT2D eigenvalue weighted by atomic mass is 16.5. The van der Waals surface area contributed by atoms with E-state index in [9.17, 15) is 14.4 Å². The largest absolute Gasteiger partial charge is 0.340 e. The molecule has 3 N–H and O–H groups in total. The zero-order valence-corrected chi connectivity index (χ0v) is 18.4. The molecule has 0 aromatic heterocycles. The van der Waals surface area contributed by atoms with Crippen molar-refractivity contribution < 1.29 is 19.6 Å². The summed E-state index contributed by atoms with van der Waals surface area (Å²) >= 11 is 0. The van der Waals surface area contributed by atoms with Crippen LogP contribution >= 0.6 is 0 Å². The SMILES string of the molecule is CC(=O)N1CC(C#CC#Cc2ccc(C(=O)N[C@H](C(=O)NO)C(C)(C)N(C)C)cc2)C1. The Morgan fingerprint density at radius 2 is 1.77 bits per heavy atom. The predicted molar refractivity (Wildman–Crippen MR) is 116 cm³/mol. The minimum Gasteiger partial charge on any atom is -0.340 e. The molecule has 1 aromatic rings. The number of nitrogens with zero attached hydrogens (tertiary/aromatic N) is 2. The normalized spacial score (nSPS) is 14.4. The summed E-state index contributed by atoms with van der Waals surface area (Å²) in [6.07, 6.45) is 0. The van der Waals surface area contributed by atoms with Crippen molar-refractivity contribution in [2.75, 3.05) is 27.2 Å². The van der Waals surface area contributed by atoms with E-state index in [1.54, 1.807) is 67.5 Å². The summed E-state index contributed by atoms with van der Waals surface area (Å²) in [4.78, 5) is 39.4. The maximum Gasteiger partial charge on any atom is 0.267 e. The van der Waals surface area contributed by atoms with E-state index in [1.807, 2.05) is 0 Å². The molecule has 8 heteroatoms. The topological polar surface area (TPSA) is 102 Å². The highest BCUT2D eigenvalue weighted by Crippen LogP contribution is 2.17. The van der Waals surface area contributed by atoms with Gasteiger partial charge in [-0.2, -0.15) is 0 Å². The Hall–Kier alpha value is -3.33. The molecule has 0 unspecified atom stereocenters. The van der Waals surface area contributed by atoms with Gasteiger partial charge in [0, 0.05) is 36.7 Å². The Morgan fingerprint density at radius 1 is 1.16 bits per heavy atom. The van der Waals surface area contributed by atoms with E-state index in [2.05, 4.69) is 29.0 Å². The summed E-state index contributed by atoms with van der Waals surface area (Å²) in [5.74, 6) is 10.6. The third-order valence-corrected chi connectivity index (χ3v) is 5.53. The van der Waals surface area contributed by atoms with Crippen molar-refractivity contribution in [3.63, 3.8) is 0 Å². The zero-order chi connectivity index (χ0) is 23.2. The Balaban J connectivity index is 2.01. The number of rotatable bonds is 5. The molecule has 1 aliphatic rings. The lowest BCUT2D eigenvalue weighted by molar-refractivity contribution is -0.134. The number of amides is 3. The van der Waals surface area contributed by atoms with Crippen LogP contribution in [0.5, 0.6) is 0 Å². The molecule has 1 heterocycles. The molecule has 0 saturated carbocycles. The highest BCUT2D eigenvalue weighted by Gasteiger charge is 2.38. The minimum atomic E-state index is -0.972. The van der Waals surface area contributed by atoms with Crippen molar-refractivity contribution in [1.29, 1.82) is 0 Å².